The van der Waals surface area contributed by atoms with E-state index in [1.165, 1.54) is 17.0 Å². The van der Waals surface area contributed by atoms with Crippen LogP contribution in [0.15, 0.2) is 83.8 Å². The molecule has 3 aromatic rings. The van der Waals surface area contributed by atoms with Gasteiger partial charge < -0.3 is 15.0 Å². The van der Waals surface area contributed by atoms with E-state index < -0.39 is 28.5 Å². The molecule has 39 heavy (non-hydrogen) atoms. The second-order valence-electron chi connectivity index (χ2n) is 9.25. The third-order valence-electron chi connectivity index (χ3n) is 6.32. The van der Waals surface area contributed by atoms with E-state index in [4.69, 9.17) is 4.74 Å². The first-order valence-corrected chi connectivity index (χ1v) is 14.5. The van der Waals surface area contributed by atoms with Gasteiger partial charge >= 0.3 is 0 Å². The van der Waals surface area contributed by atoms with Crippen LogP contribution in [0.3, 0.4) is 0 Å². The van der Waals surface area contributed by atoms with Gasteiger partial charge in [-0.2, -0.15) is 0 Å². The minimum atomic E-state index is -4.08. The number of anilines is 1. The number of amides is 2. The van der Waals surface area contributed by atoms with Gasteiger partial charge in [0, 0.05) is 13.1 Å². The molecule has 0 spiro atoms. The third kappa shape index (κ3) is 7.60. The molecule has 0 fully saturated rings. The molecule has 3 rings (SSSR count). The van der Waals surface area contributed by atoms with Crippen molar-refractivity contribution < 1.29 is 22.7 Å². The number of nitrogens with zero attached hydrogens (tertiary/aromatic N) is 2. The van der Waals surface area contributed by atoms with E-state index in [2.05, 4.69) is 5.32 Å². The summed E-state index contributed by atoms with van der Waals surface area (Å²) in [6.45, 7) is 5.77. The molecule has 0 unspecified atom stereocenters. The van der Waals surface area contributed by atoms with Gasteiger partial charge in [-0.15, -0.1) is 0 Å². The fourth-order valence-corrected chi connectivity index (χ4v) is 5.71. The van der Waals surface area contributed by atoms with Crippen LogP contribution in [0.1, 0.15) is 37.8 Å². The normalized spacial score (nSPS) is 11.9. The first kappa shape index (κ1) is 29.7. The van der Waals surface area contributed by atoms with Gasteiger partial charge in [0.1, 0.15) is 18.3 Å². The summed E-state index contributed by atoms with van der Waals surface area (Å²) in [6, 6.07) is 21.5. The van der Waals surface area contributed by atoms with Crippen LogP contribution in [0.2, 0.25) is 0 Å². The Morgan fingerprint density at radius 1 is 0.949 bits per heavy atom. The average Bonchev–Trinajstić information content (AvgIpc) is 2.95. The van der Waals surface area contributed by atoms with Crippen molar-refractivity contribution in [2.24, 2.45) is 0 Å². The summed E-state index contributed by atoms with van der Waals surface area (Å²) >= 11 is 0. The summed E-state index contributed by atoms with van der Waals surface area (Å²) in [5.74, 6) is -0.141. The predicted molar refractivity (Wildman–Crippen MR) is 153 cm³/mol. The molecule has 1 atom stereocenters. The summed E-state index contributed by atoms with van der Waals surface area (Å²) in [5, 5.41) is 2.89. The molecular weight excluding hydrogens is 514 g/mol. The molecule has 0 aliphatic rings. The van der Waals surface area contributed by atoms with Gasteiger partial charge in [0.25, 0.3) is 10.0 Å². The fourth-order valence-electron chi connectivity index (χ4n) is 4.28. The highest BCUT2D eigenvalue weighted by molar-refractivity contribution is 7.92. The zero-order valence-electron chi connectivity index (χ0n) is 23.0. The molecule has 8 nitrogen and oxygen atoms in total. The molecule has 0 saturated heterocycles. The maximum absolute atomic E-state index is 14.0. The van der Waals surface area contributed by atoms with Crippen LogP contribution in [0, 0.1) is 6.92 Å². The van der Waals surface area contributed by atoms with Gasteiger partial charge in [-0.25, -0.2) is 8.42 Å². The summed E-state index contributed by atoms with van der Waals surface area (Å²) in [5.41, 5.74) is 1.99. The number of nitrogens with one attached hydrogen (secondary N) is 1. The molecule has 9 heteroatoms. The molecule has 0 aromatic heterocycles. The zero-order valence-corrected chi connectivity index (χ0v) is 23.8. The number of carbonyl (C=O) groups is 2. The summed E-state index contributed by atoms with van der Waals surface area (Å²) in [6.07, 6.45) is 1.11. The van der Waals surface area contributed by atoms with Crippen LogP contribution in [-0.4, -0.2) is 51.4 Å². The van der Waals surface area contributed by atoms with E-state index in [1.807, 2.05) is 39.0 Å². The Bertz CT molecular complexity index is 1360. The van der Waals surface area contributed by atoms with Crippen molar-refractivity contribution >= 4 is 27.5 Å². The standard InChI is InChI=1S/C30H37N3O5S/c1-5-18-31-30(35)28(6-2)32(21-24-13-11-15-26(20-24)38-4)29(34)22-33(25-14-10-12-23(3)19-25)39(36,37)27-16-8-7-9-17-27/h7-17,19-20,28H,5-6,18,21-22H2,1-4H3,(H,31,35)/t28-/m1/s1. The van der Waals surface area contributed by atoms with Crippen molar-refractivity contribution in [3.05, 3.63) is 90.0 Å². The molecule has 0 radical (unpaired) electrons. The van der Waals surface area contributed by atoms with Crippen LogP contribution in [0.4, 0.5) is 5.69 Å². The molecular formula is C30H37N3O5S. The van der Waals surface area contributed by atoms with Gasteiger partial charge in [-0.05, 0) is 67.3 Å². The number of sulfonamides is 1. The van der Waals surface area contributed by atoms with Crippen molar-refractivity contribution in [3.8, 4) is 5.75 Å². The Hall–Kier alpha value is -3.85. The lowest BCUT2D eigenvalue weighted by Crippen LogP contribution is -2.52. The lowest BCUT2D eigenvalue weighted by Gasteiger charge is -2.33. The second kappa shape index (κ2) is 13.8. The number of carbonyl (C=O) groups excluding carboxylic acids is 2. The molecule has 0 aliphatic carbocycles. The minimum absolute atomic E-state index is 0.0754. The molecule has 0 bridgehead atoms. The van der Waals surface area contributed by atoms with Gasteiger partial charge in [-0.3, -0.25) is 13.9 Å². The first-order valence-electron chi connectivity index (χ1n) is 13.1. The van der Waals surface area contributed by atoms with Gasteiger partial charge in [0.15, 0.2) is 0 Å². The largest absolute Gasteiger partial charge is 0.497 e. The Labute approximate surface area is 231 Å². The summed E-state index contributed by atoms with van der Waals surface area (Å²) in [7, 11) is -2.53. The van der Waals surface area contributed by atoms with E-state index in [0.717, 1.165) is 21.9 Å². The molecule has 208 valence electrons. The monoisotopic (exact) mass is 551 g/mol. The number of ether oxygens (including phenoxy) is 1. The fraction of sp³-hybridized carbons (Fsp3) is 0.333. The molecule has 0 saturated carbocycles. The van der Waals surface area contributed by atoms with E-state index in [1.54, 1.807) is 55.6 Å². The number of benzene rings is 3. The number of rotatable bonds is 13. The number of aryl methyl sites for hydroxylation is 1. The Morgan fingerprint density at radius 3 is 2.31 bits per heavy atom. The van der Waals surface area contributed by atoms with Crippen LogP contribution >= 0.6 is 0 Å². The number of hydrogen-bond acceptors (Lipinski definition) is 5. The zero-order chi connectivity index (χ0) is 28.4. The van der Waals surface area contributed by atoms with Gasteiger partial charge in [0.05, 0.1) is 17.7 Å². The van der Waals surface area contributed by atoms with Crippen molar-refractivity contribution in [1.82, 2.24) is 10.2 Å². The Balaban J connectivity index is 2.05. The molecule has 0 heterocycles. The molecule has 1 N–H and O–H groups in total. The average molecular weight is 552 g/mol. The maximum atomic E-state index is 14.0. The van der Waals surface area contributed by atoms with E-state index in [-0.39, 0.29) is 17.3 Å². The summed E-state index contributed by atoms with van der Waals surface area (Å²) < 4.78 is 34.1. The quantitative estimate of drug-likeness (QED) is 0.337. The van der Waals surface area contributed by atoms with Gasteiger partial charge in [0.2, 0.25) is 11.8 Å². The highest BCUT2D eigenvalue weighted by Gasteiger charge is 2.33. The van der Waals surface area contributed by atoms with Crippen LogP contribution in [-0.2, 0) is 26.2 Å². The Kier molecular flexibility index (Phi) is 10.5. The van der Waals surface area contributed by atoms with Gasteiger partial charge in [-0.1, -0.05) is 56.3 Å². The molecule has 0 aliphatic heterocycles. The smallest absolute Gasteiger partial charge is 0.264 e. The lowest BCUT2D eigenvalue weighted by molar-refractivity contribution is -0.140. The van der Waals surface area contributed by atoms with E-state index >= 15 is 0 Å². The minimum Gasteiger partial charge on any atom is -0.497 e. The van der Waals surface area contributed by atoms with Crippen molar-refractivity contribution in [2.45, 2.75) is 51.1 Å². The van der Waals surface area contributed by atoms with Crippen molar-refractivity contribution in [2.75, 3.05) is 24.5 Å². The van der Waals surface area contributed by atoms with Crippen LogP contribution in [0.5, 0.6) is 5.75 Å². The number of hydrogen-bond donors (Lipinski definition) is 1. The first-order chi connectivity index (χ1) is 18.7. The third-order valence-corrected chi connectivity index (χ3v) is 8.11. The molecule has 3 aromatic carbocycles. The number of methoxy groups -OCH3 is 1. The molecule has 2 amide bonds. The van der Waals surface area contributed by atoms with Crippen LogP contribution in [0.25, 0.3) is 0 Å². The maximum Gasteiger partial charge on any atom is 0.264 e. The Morgan fingerprint density at radius 2 is 1.67 bits per heavy atom. The SMILES string of the molecule is CCCNC(=O)[C@@H](CC)N(Cc1cccc(OC)c1)C(=O)CN(c1cccc(C)c1)S(=O)(=O)c1ccccc1. The topological polar surface area (TPSA) is 96.0 Å². The van der Waals surface area contributed by atoms with E-state index in [0.29, 0.717) is 24.4 Å². The van der Waals surface area contributed by atoms with Crippen molar-refractivity contribution in [3.63, 3.8) is 0 Å². The summed E-state index contributed by atoms with van der Waals surface area (Å²) in [4.78, 5) is 28.7. The highest BCUT2D eigenvalue weighted by atomic mass is 32.2. The van der Waals surface area contributed by atoms with E-state index in [9.17, 15) is 18.0 Å². The lowest BCUT2D eigenvalue weighted by atomic mass is 10.1. The van der Waals surface area contributed by atoms with Crippen molar-refractivity contribution in [1.29, 1.82) is 0 Å². The van der Waals surface area contributed by atoms with Crippen LogP contribution < -0.4 is 14.4 Å². The second-order valence-corrected chi connectivity index (χ2v) is 11.1. The predicted octanol–water partition coefficient (Wildman–Crippen LogP) is 4.53. The highest BCUT2D eigenvalue weighted by Crippen LogP contribution is 2.26.